The van der Waals surface area contributed by atoms with Crippen molar-refractivity contribution in [2.45, 2.75) is 6.54 Å². The summed E-state index contributed by atoms with van der Waals surface area (Å²) in [7, 11) is 1.87. The van der Waals surface area contributed by atoms with E-state index in [2.05, 4.69) is 10.00 Å². The molecule has 31 heavy (non-hydrogen) atoms. The fraction of sp³-hybridized carbons (Fsp3) is 0.261. The van der Waals surface area contributed by atoms with Gasteiger partial charge in [-0.2, -0.15) is 5.10 Å². The summed E-state index contributed by atoms with van der Waals surface area (Å²) in [5.74, 6) is -0.0940. The number of aromatic nitrogens is 3. The number of halogens is 1. The fourth-order valence-electron chi connectivity index (χ4n) is 4.32. The minimum Gasteiger partial charge on any atom is -0.368 e. The van der Waals surface area contributed by atoms with Crippen LogP contribution in [0, 0.1) is 0 Å². The molecule has 2 aromatic heterocycles. The maximum Gasteiger partial charge on any atom is 0.291 e. The number of carbonyl (C=O) groups excluding carboxylic acids is 1. The molecule has 0 spiro atoms. The number of benzene rings is 2. The Balaban J connectivity index is 1.33. The average Bonchev–Trinajstić information content (AvgIpc) is 3.09. The Bertz CT molecular complexity index is 1330. The molecule has 0 bridgehead atoms. The van der Waals surface area contributed by atoms with Crippen molar-refractivity contribution in [2.24, 2.45) is 7.05 Å². The fourth-order valence-corrected chi connectivity index (χ4v) is 4.45. The number of hydrogen-bond donors (Lipinski definition) is 0. The van der Waals surface area contributed by atoms with E-state index < -0.39 is 0 Å². The first kappa shape index (κ1) is 19.6. The minimum atomic E-state index is -0.246. The number of anilines is 1. The summed E-state index contributed by atoms with van der Waals surface area (Å²) in [6.07, 6.45) is 1.69. The first-order valence-electron chi connectivity index (χ1n) is 10.2. The number of fused-ring (bicyclic) bond motifs is 3. The second-order valence-corrected chi connectivity index (χ2v) is 8.23. The number of rotatable bonds is 3. The quantitative estimate of drug-likeness (QED) is 0.496. The van der Waals surface area contributed by atoms with Crippen LogP contribution in [0.3, 0.4) is 0 Å². The van der Waals surface area contributed by atoms with Crippen LogP contribution in [0.4, 0.5) is 5.69 Å². The molecule has 0 radical (unpaired) electrons. The van der Waals surface area contributed by atoms with Crippen LogP contribution >= 0.6 is 11.6 Å². The maximum absolute atomic E-state index is 13.1. The smallest absolute Gasteiger partial charge is 0.291 e. The Kier molecular flexibility index (Phi) is 4.90. The zero-order valence-electron chi connectivity index (χ0n) is 17.2. The molecule has 1 fully saturated rings. The van der Waals surface area contributed by atoms with Gasteiger partial charge in [-0.1, -0.05) is 29.8 Å². The number of piperazine rings is 1. The molecule has 4 aromatic rings. The van der Waals surface area contributed by atoms with Crippen LogP contribution in [0.5, 0.6) is 0 Å². The molecule has 0 N–H and O–H groups in total. The monoisotopic (exact) mass is 435 g/mol. The van der Waals surface area contributed by atoms with Gasteiger partial charge in [0.05, 0.1) is 6.20 Å². The predicted octanol–water partition coefficient (Wildman–Crippen LogP) is 2.89. The van der Waals surface area contributed by atoms with Crippen molar-refractivity contribution in [1.29, 1.82) is 0 Å². The van der Waals surface area contributed by atoms with Crippen LogP contribution in [0.2, 0.25) is 5.02 Å². The summed E-state index contributed by atoms with van der Waals surface area (Å²) in [6.45, 7) is 2.62. The predicted molar refractivity (Wildman–Crippen MR) is 123 cm³/mol. The lowest BCUT2D eigenvalue weighted by Gasteiger charge is -2.36. The van der Waals surface area contributed by atoms with Crippen molar-refractivity contribution in [1.82, 2.24) is 19.2 Å². The molecule has 158 valence electrons. The summed E-state index contributed by atoms with van der Waals surface area (Å²) in [4.78, 5) is 30.0. The summed E-state index contributed by atoms with van der Waals surface area (Å²) in [5, 5.41) is 6.80. The standard InChI is InChI=1S/C23H22ClN5O2/c1-26-20-5-3-2-4-18(20)19-14-25-29(23(31)22(19)26)15-21(30)28-12-10-27(11-13-28)17-8-6-16(24)7-9-17/h2-9,14H,10-13,15H2,1H3. The lowest BCUT2D eigenvalue weighted by atomic mass is 10.2. The number of aryl methyl sites for hydroxylation is 1. The average molecular weight is 436 g/mol. The van der Waals surface area contributed by atoms with Crippen LogP contribution in [0.15, 0.2) is 59.5 Å². The van der Waals surface area contributed by atoms with Crippen molar-refractivity contribution in [3.05, 3.63) is 70.1 Å². The van der Waals surface area contributed by atoms with Crippen molar-refractivity contribution < 1.29 is 4.79 Å². The number of nitrogens with zero attached hydrogens (tertiary/aromatic N) is 5. The maximum atomic E-state index is 13.1. The molecule has 1 saturated heterocycles. The third-order valence-electron chi connectivity index (χ3n) is 6.02. The molecule has 0 saturated carbocycles. The van der Waals surface area contributed by atoms with Crippen molar-refractivity contribution in [2.75, 3.05) is 31.1 Å². The van der Waals surface area contributed by atoms with E-state index in [1.54, 1.807) is 11.1 Å². The van der Waals surface area contributed by atoms with E-state index in [0.29, 0.717) is 23.6 Å². The van der Waals surface area contributed by atoms with E-state index in [1.807, 2.05) is 60.1 Å². The van der Waals surface area contributed by atoms with E-state index in [9.17, 15) is 9.59 Å². The highest BCUT2D eigenvalue weighted by atomic mass is 35.5. The first-order valence-corrected chi connectivity index (χ1v) is 10.6. The molecule has 2 aromatic carbocycles. The number of hydrogen-bond acceptors (Lipinski definition) is 4. The largest absolute Gasteiger partial charge is 0.368 e. The molecular weight excluding hydrogens is 414 g/mol. The van der Waals surface area contributed by atoms with E-state index in [-0.39, 0.29) is 18.0 Å². The van der Waals surface area contributed by atoms with Gasteiger partial charge in [-0.15, -0.1) is 0 Å². The van der Waals surface area contributed by atoms with E-state index in [1.165, 1.54) is 4.68 Å². The van der Waals surface area contributed by atoms with E-state index in [4.69, 9.17) is 11.6 Å². The molecule has 1 aliphatic rings. The lowest BCUT2D eigenvalue weighted by molar-refractivity contribution is -0.132. The number of para-hydroxylation sites is 1. The van der Waals surface area contributed by atoms with Gasteiger partial charge in [0.1, 0.15) is 12.1 Å². The molecule has 0 unspecified atom stereocenters. The van der Waals surface area contributed by atoms with Gasteiger partial charge >= 0.3 is 0 Å². The Labute approximate surface area is 184 Å². The molecule has 5 rings (SSSR count). The van der Waals surface area contributed by atoms with Gasteiger partial charge in [-0.25, -0.2) is 4.68 Å². The van der Waals surface area contributed by atoms with E-state index >= 15 is 0 Å². The first-order chi connectivity index (χ1) is 15.0. The number of carbonyl (C=O) groups is 1. The van der Waals surface area contributed by atoms with Crippen LogP contribution in [0.25, 0.3) is 21.8 Å². The van der Waals surface area contributed by atoms with Gasteiger partial charge < -0.3 is 14.4 Å². The topological polar surface area (TPSA) is 63.4 Å². The molecular formula is C23H22ClN5O2. The third-order valence-corrected chi connectivity index (χ3v) is 6.27. The molecule has 0 aliphatic carbocycles. The van der Waals surface area contributed by atoms with Crippen LogP contribution < -0.4 is 10.5 Å². The Morgan fingerprint density at radius 3 is 2.45 bits per heavy atom. The van der Waals surface area contributed by atoms with Crippen LogP contribution in [0.1, 0.15) is 0 Å². The molecule has 7 nitrogen and oxygen atoms in total. The van der Waals surface area contributed by atoms with Gasteiger partial charge in [-0.3, -0.25) is 9.59 Å². The summed E-state index contributed by atoms with van der Waals surface area (Å²) < 4.78 is 3.15. The molecule has 8 heteroatoms. The summed E-state index contributed by atoms with van der Waals surface area (Å²) in [5.41, 5.74) is 2.38. The normalized spacial score (nSPS) is 14.5. The van der Waals surface area contributed by atoms with Crippen molar-refractivity contribution in [3.63, 3.8) is 0 Å². The molecule has 3 heterocycles. The van der Waals surface area contributed by atoms with Crippen LogP contribution in [-0.2, 0) is 18.4 Å². The highest BCUT2D eigenvalue weighted by Gasteiger charge is 2.23. The third kappa shape index (κ3) is 3.45. The minimum absolute atomic E-state index is 0.0583. The Morgan fingerprint density at radius 1 is 1.00 bits per heavy atom. The highest BCUT2D eigenvalue weighted by molar-refractivity contribution is 6.30. The summed E-state index contributed by atoms with van der Waals surface area (Å²) >= 11 is 5.97. The zero-order valence-corrected chi connectivity index (χ0v) is 17.9. The SMILES string of the molecule is Cn1c2ccccc2c2cnn(CC(=O)N3CCN(c4ccc(Cl)cc4)CC3)c(=O)c21. The molecule has 1 aliphatic heterocycles. The van der Waals surface area contributed by atoms with E-state index in [0.717, 1.165) is 35.1 Å². The van der Waals surface area contributed by atoms with Gasteiger partial charge in [-0.05, 0) is 30.3 Å². The zero-order chi connectivity index (χ0) is 21.5. The molecule has 1 amide bonds. The van der Waals surface area contributed by atoms with Crippen molar-refractivity contribution >= 4 is 45.0 Å². The van der Waals surface area contributed by atoms with Gasteiger partial charge in [0.25, 0.3) is 5.56 Å². The Morgan fingerprint density at radius 2 is 1.71 bits per heavy atom. The summed E-state index contributed by atoms with van der Waals surface area (Å²) in [6, 6.07) is 15.6. The lowest BCUT2D eigenvalue weighted by Crippen LogP contribution is -2.50. The number of amides is 1. The van der Waals surface area contributed by atoms with Gasteiger partial charge in [0.15, 0.2) is 0 Å². The Hall–Kier alpha value is -3.32. The second kappa shape index (κ2) is 7.74. The molecule has 0 atom stereocenters. The second-order valence-electron chi connectivity index (χ2n) is 7.79. The van der Waals surface area contributed by atoms with Crippen molar-refractivity contribution in [3.8, 4) is 0 Å². The van der Waals surface area contributed by atoms with Gasteiger partial charge in [0.2, 0.25) is 5.91 Å². The highest BCUT2D eigenvalue weighted by Crippen LogP contribution is 2.25. The van der Waals surface area contributed by atoms with Gasteiger partial charge in [0, 0.05) is 60.2 Å². The van der Waals surface area contributed by atoms with Crippen LogP contribution in [-0.4, -0.2) is 51.3 Å².